The first-order valence-corrected chi connectivity index (χ1v) is 8.72. The van der Waals surface area contributed by atoms with Crippen LogP contribution in [0.1, 0.15) is 24.5 Å². The summed E-state index contributed by atoms with van der Waals surface area (Å²) >= 11 is 0. The molecule has 2 saturated heterocycles. The molecule has 1 spiro atoms. The summed E-state index contributed by atoms with van der Waals surface area (Å²) in [6, 6.07) is 7.62. The quantitative estimate of drug-likeness (QED) is 0.755. The van der Waals surface area contributed by atoms with Gasteiger partial charge >= 0.3 is 6.03 Å². The fourth-order valence-corrected chi connectivity index (χ4v) is 4.08. The molecule has 1 aromatic rings. The van der Waals surface area contributed by atoms with Gasteiger partial charge in [-0.1, -0.05) is 24.3 Å². The van der Waals surface area contributed by atoms with Crippen molar-refractivity contribution in [2.45, 2.75) is 37.9 Å². The molecule has 4 amide bonds. The number of benzene rings is 1. The molecule has 3 aliphatic rings. The van der Waals surface area contributed by atoms with E-state index >= 15 is 0 Å². The van der Waals surface area contributed by atoms with Gasteiger partial charge in [0.15, 0.2) is 0 Å². The second-order valence-corrected chi connectivity index (χ2v) is 7.17. The third kappa shape index (κ3) is 2.68. The van der Waals surface area contributed by atoms with E-state index in [1.807, 2.05) is 19.1 Å². The number of carbonyl (C=O) groups excluding carboxylic acids is 3. The van der Waals surface area contributed by atoms with Crippen molar-refractivity contribution in [3.05, 3.63) is 35.4 Å². The zero-order chi connectivity index (χ0) is 17.6. The zero-order valence-corrected chi connectivity index (χ0v) is 14.2. The Labute approximate surface area is 146 Å². The van der Waals surface area contributed by atoms with Gasteiger partial charge in [0.1, 0.15) is 5.54 Å². The molecule has 0 radical (unpaired) electrons. The van der Waals surface area contributed by atoms with Gasteiger partial charge in [0, 0.05) is 19.6 Å². The molecule has 7 heteroatoms. The van der Waals surface area contributed by atoms with Crippen molar-refractivity contribution in [2.75, 3.05) is 19.6 Å². The molecule has 0 aromatic heterocycles. The van der Waals surface area contributed by atoms with E-state index in [1.165, 1.54) is 11.1 Å². The van der Waals surface area contributed by atoms with E-state index in [9.17, 15) is 14.4 Å². The van der Waals surface area contributed by atoms with Gasteiger partial charge in [-0.25, -0.2) is 4.79 Å². The number of carbonyl (C=O) groups is 3. The highest BCUT2D eigenvalue weighted by atomic mass is 16.2. The topological polar surface area (TPSA) is 81.8 Å². The lowest BCUT2D eigenvalue weighted by Gasteiger charge is -2.35. The number of imide groups is 1. The minimum Gasteiger partial charge on any atom is -0.338 e. The van der Waals surface area contributed by atoms with E-state index in [1.54, 1.807) is 4.90 Å². The lowest BCUT2D eigenvalue weighted by atomic mass is 9.98. The van der Waals surface area contributed by atoms with Crippen LogP contribution in [0, 0.1) is 0 Å². The molecular formula is C18H22N4O3. The van der Waals surface area contributed by atoms with Crippen LogP contribution < -0.4 is 10.6 Å². The van der Waals surface area contributed by atoms with E-state index in [-0.39, 0.29) is 24.4 Å². The van der Waals surface area contributed by atoms with Crippen molar-refractivity contribution in [1.82, 2.24) is 20.4 Å². The largest absolute Gasteiger partial charge is 0.338 e. The summed E-state index contributed by atoms with van der Waals surface area (Å²) in [4.78, 5) is 40.3. The number of nitrogens with one attached hydrogen (secondary N) is 2. The predicted octanol–water partition coefficient (Wildman–Crippen LogP) is 0.244. The van der Waals surface area contributed by atoms with Crippen LogP contribution in [0.3, 0.4) is 0 Å². The first kappa shape index (κ1) is 16.1. The molecule has 4 rings (SSSR count). The van der Waals surface area contributed by atoms with Crippen molar-refractivity contribution >= 4 is 17.8 Å². The number of hydrogen-bond acceptors (Lipinski definition) is 4. The van der Waals surface area contributed by atoms with E-state index < -0.39 is 11.6 Å². The maximum absolute atomic E-state index is 12.9. The Balaban J connectivity index is 1.44. The van der Waals surface area contributed by atoms with Crippen molar-refractivity contribution in [3.8, 4) is 0 Å². The summed E-state index contributed by atoms with van der Waals surface area (Å²) in [6.45, 7) is 4.27. The molecule has 3 heterocycles. The second kappa shape index (κ2) is 5.84. The van der Waals surface area contributed by atoms with Gasteiger partial charge < -0.3 is 10.2 Å². The van der Waals surface area contributed by atoms with E-state index in [0.717, 1.165) is 19.5 Å². The first-order valence-electron chi connectivity index (χ1n) is 8.72. The Morgan fingerprint density at radius 3 is 2.68 bits per heavy atom. The molecule has 0 bridgehead atoms. The van der Waals surface area contributed by atoms with Gasteiger partial charge in [-0.05, 0) is 30.9 Å². The Morgan fingerprint density at radius 2 is 1.96 bits per heavy atom. The van der Waals surface area contributed by atoms with Crippen LogP contribution in [0.25, 0.3) is 0 Å². The van der Waals surface area contributed by atoms with Crippen LogP contribution in [0.5, 0.6) is 0 Å². The van der Waals surface area contributed by atoms with Gasteiger partial charge in [0.25, 0.3) is 5.91 Å². The van der Waals surface area contributed by atoms with Crippen LogP contribution in [0.4, 0.5) is 4.79 Å². The summed E-state index contributed by atoms with van der Waals surface area (Å²) in [6.07, 6.45) is 1.40. The number of hydrogen-bond donors (Lipinski definition) is 2. The molecule has 25 heavy (non-hydrogen) atoms. The van der Waals surface area contributed by atoms with E-state index in [0.29, 0.717) is 13.0 Å². The summed E-state index contributed by atoms with van der Waals surface area (Å²) in [5.41, 5.74) is 1.68. The highest BCUT2D eigenvalue weighted by Crippen LogP contribution is 2.27. The minimum absolute atomic E-state index is 0.0187. The Bertz CT molecular complexity index is 750. The van der Waals surface area contributed by atoms with Crippen LogP contribution in [-0.2, 0) is 22.6 Å². The van der Waals surface area contributed by atoms with Crippen LogP contribution in [0.2, 0.25) is 0 Å². The van der Waals surface area contributed by atoms with Gasteiger partial charge in [0.2, 0.25) is 5.91 Å². The fourth-order valence-electron chi connectivity index (χ4n) is 4.08. The van der Waals surface area contributed by atoms with Crippen molar-refractivity contribution in [3.63, 3.8) is 0 Å². The average molecular weight is 342 g/mol. The van der Waals surface area contributed by atoms with Crippen LogP contribution >= 0.6 is 0 Å². The average Bonchev–Trinajstić information content (AvgIpc) is 3.16. The summed E-state index contributed by atoms with van der Waals surface area (Å²) in [5, 5.41) is 4.96. The second-order valence-electron chi connectivity index (χ2n) is 7.17. The molecule has 132 valence electrons. The summed E-state index contributed by atoms with van der Waals surface area (Å²) < 4.78 is 0. The van der Waals surface area contributed by atoms with Gasteiger partial charge in [-0.3, -0.25) is 19.8 Å². The third-order valence-electron chi connectivity index (χ3n) is 5.66. The van der Waals surface area contributed by atoms with Crippen LogP contribution in [0.15, 0.2) is 24.3 Å². The lowest BCUT2D eigenvalue weighted by molar-refractivity contribution is -0.136. The number of amides is 4. The maximum Gasteiger partial charge on any atom is 0.322 e. The van der Waals surface area contributed by atoms with E-state index in [2.05, 4.69) is 27.7 Å². The number of likely N-dealkylation sites (tertiary alicyclic amines) is 1. The maximum atomic E-state index is 12.9. The smallest absolute Gasteiger partial charge is 0.322 e. The molecule has 3 aliphatic heterocycles. The molecule has 7 nitrogen and oxygen atoms in total. The SMILES string of the molecule is CC(C(=O)N1CCC2(C1)NC(=O)NC2=O)N1CCc2ccccc2C1. The van der Waals surface area contributed by atoms with Crippen molar-refractivity contribution < 1.29 is 14.4 Å². The molecule has 2 N–H and O–H groups in total. The summed E-state index contributed by atoms with van der Waals surface area (Å²) in [5.74, 6) is -0.308. The van der Waals surface area contributed by atoms with Gasteiger partial charge in [0.05, 0.1) is 12.6 Å². The lowest BCUT2D eigenvalue weighted by Crippen LogP contribution is -2.52. The highest BCUT2D eigenvalue weighted by molar-refractivity contribution is 6.07. The predicted molar refractivity (Wildman–Crippen MR) is 90.6 cm³/mol. The summed E-state index contributed by atoms with van der Waals surface area (Å²) in [7, 11) is 0. The first-order chi connectivity index (χ1) is 12.0. The van der Waals surface area contributed by atoms with Gasteiger partial charge in [-0.2, -0.15) is 0 Å². The molecule has 2 fully saturated rings. The minimum atomic E-state index is -0.943. The normalized spacial score (nSPS) is 27.2. The fraction of sp³-hybridized carbons (Fsp3) is 0.500. The zero-order valence-electron chi connectivity index (χ0n) is 14.2. The Morgan fingerprint density at radius 1 is 1.20 bits per heavy atom. The number of rotatable bonds is 2. The highest BCUT2D eigenvalue weighted by Gasteiger charge is 2.52. The monoisotopic (exact) mass is 342 g/mol. The molecular weight excluding hydrogens is 320 g/mol. The van der Waals surface area contributed by atoms with Crippen molar-refractivity contribution in [2.24, 2.45) is 0 Å². The molecule has 0 aliphatic carbocycles. The molecule has 2 unspecified atom stereocenters. The molecule has 0 saturated carbocycles. The third-order valence-corrected chi connectivity index (χ3v) is 5.66. The standard InChI is InChI=1S/C18H22N4O3/c1-12(21-8-6-13-4-2-3-5-14(13)10-21)15(23)22-9-7-18(11-22)16(24)19-17(25)20-18/h2-5,12H,6-11H2,1H3,(H2,19,20,24,25). The number of fused-ring (bicyclic) bond motifs is 1. The van der Waals surface area contributed by atoms with E-state index in [4.69, 9.17) is 0 Å². The van der Waals surface area contributed by atoms with Crippen molar-refractivity contribution in [1.29, 1.82) is 0 Å². The molecule has 1 aromatic carbocycles. The Kier molecular flexibility index (Phi) is 3.76. The number of nitrogens with zero attached hydrogens (tertiary/aromatic N) is 2. The van der Waals surface area contributed by atoms with Crippen LogP contribution in [-0.4, -0.2) is 58.9 Å². The Hall–Kier alpha value is -2.41. The van der Waals surface area contributed by atoms with Gasteiger partial charge in [-0.15, -0.1) is 0 Å². The molecule has 2 atom stereocenters. The number of urea groups is 1.